The first-order valence-electron chi connectivity index (χ1n) is 14.3. The monoisotopic (exact) mass is 575 g/mol. The van der Waals surface area contributed by atoms with Crippen LogP contribution in [-0.2, 0) is 23.8 Å². The molecule has 40 heavy (non-hydrogen) atoms. The minimum Gasteiger partial charge on any atom is -0.444 e. The molecule has 0 N–H and O–H groups in total. The molecule has 0 aromatic heterocycles. The van der Waals surface area contributed by atoms with Crippen molar-refractivity contribution in [2.75, 3.05) is 33.4 Å². The van der Waals surface area contributed by atoms with Crippen LogP contribution >= 0.6 is 0 Å². The second-order valence-corrected chi connectivity index (χ2v) is 13.2. The fourth-order valence-corrected chi connectivity index (χ4v) is 7.31. The lowest BCUT2D eigenvalue weighted by atomic mass is 9.74. The number of halogens is 3. The van der Waals surface area contributed by atoms with E-state index in [1.807, 2.05) is 46.4 Å². The van der Waals surface area contributed by atoms with Crippen LogP contribution in [0.2, 0.25) is 0 Å². The highest BCUT2D eigenvalue weighted by molar-refractivity contribution is 5.86. The molecule has 0 aromatic carbocycles. The Balaban J connectivity index is 1.56. The number of likely N-dealkylation sites (tertiary alicyclic amines) is 2. The van der Waals surface area contributed by atoms with Gasteiger partial charge in [0.05, 0.1) is 30.1 Å². The topological polar surface area (TPSA) is 88.6 Å². The third kappa shape index (κ3) is 5.54. The Labute approximate surface area is 234 Å². The maximum atomic E-state index is 14.3. The number of rotatable bonds is 5. The maximum Gasteiger partial charge on any atom is 0.471 e. The van der Waals surface area contributed by atoms with Crippen molar-refractivity contribution in [1.82, 2.24) is 14.7 Å². The summed E-state index contributed by atoms with van der Waals surface area (Å²) in [5, 5.41) is 0. The van der Waals surface area contributed by atoms with Gasteiger partial charge in [-0.1, -0.05) is 20.8 Å². The molecule has 7 atom stereocenters. The molecule has 0 radical (unpaired) electrons. The van der Waals surface area contributed by atoms with Crippen LogP contribution in [0.5, 0.6) is 0 Å². The van der Waals surface area contributed by atoms with Gasteiger partial charge >= 0.3 is 18.2 Å². The van der Waals surface area contributed by atoms with Crippen LogP contribution in [0.15, 0.2) is 0 Å². The highest BCUT2D eigenvalue weighted by atomic mass is 19.4. The number of amides is 3. The summed E-state index contributed by atoms with van der Waals surface area (Å²) in [6.45, 7) is 12.4. The van der Waals surface area contributed by atoms with Crippen molar-refractivity contribution in [1.29, 1.82) is 0 Å². The second-order valence-electron chi connectivity index (χ2n) is 13.2. The Bertz CT molecular complexity index is 985. The van der Waals surface area contributed by atoms with Crippen LogP contribution in [0, 0.1) is 17.3 Å². The molecule has 4 fully saturated rings. The van der Waals surface area contributed by atoms with E-state index in [1.165, 1.54) is 7.11 Å². The third-order valence-electron chi connectivity index (χ3n) is 9.53. The molecular weight excluding hydrogens is 531 g/mol. The molecule has 228 valence electrons. The van der Waals surface area contributed by atoms with Crippen molar-refractivity contribution in [3.8, 4) is 0 Å². The van der Waals surface area contributed by atoms with E-state index in [0.29, 0.717) is 25.9 Å². The van der Waals surface area contributed by atoms with Crippen molar-refractivity contribution < 1.29 is 41.8 Å². The number of piperazine rings is 1. The Morgan fingerprint density at radius 3 is 2.20 bits per heavy atom. The van der Waals surface area contributed by atoms with Gasteiger partial charge in [-0.2, -0.15) is 13.2 Å². The summed E-state index contributed by atoms with van der Waals surface area (Å²) < 4.78 is 58.0. The van der Waals surface area contributed by atoms with Crippen molar-refractivity contribution >= 4 is 17.9 Å². The minimum atomic E-state index is -5.04. The van der Waals surface area contributed by atoms with Crippen LogP contribution in [0.1, 0.15) is 67.2 Å². The van der Waals surface area contributed by atoms with Crippen LogP contribution in [0.3, 0.4) is 0 Å². The number of nitrogens with zero attached hydrogens (tertiary/aromatic N) is 3. The lowest BCUT2D eigenvalue weighted by Gasteiger charge is -2.44. The largest absolute Gasteiger partial charge is 0.471 e. The smallest absolute Gasteiger partial charge is 0.444 e. The van der Waals surface area contributed by atoms with E-state index in [1.54, 1.807) is 4.90 Å². The summed E-state index contributed by atoms with van der Waals surface area (Å²) in [7, 11) is 1.41. The van der Waals surface area contributed by atoms with Crippen molar-refractivity contribution in [3.63, 3.8) is 0 Å². The van der Waals surface area contributed by atoms with Gasteiger partial charge in [0.2, 0.25) is 5.91 Å². The molecule has 0 aromatic rings. The van der Waals surface area contributed by atoms with E-state index in [9.17, 15) is 27.6 Å². The lowest BCUT2D eigenvalue weighted by Crippen LogP contribution is -2.59. The first-order chi connectivity index (χ1) is 18.5. The van der Waals surface area contributed by atoms with Gasteiger partial charge in [-0.3, -0.25) is 9.59 Å². The summed E-state index contributed by atoms with van der Waals surface area (Å²) >= 11 is 0. The van der Waals surface area contributed by atoms with E-state index >= 15 is 0 Å². The van der Waals surface area contributed by atoms with Gasteiger partial charge in [-0.05, 0) is 52.4 Å². The van der Waals surface area contributed by atoms with Crippen molar-refractivity contribution in [2.24, 2.45) is 17.3 Å². The van der Waals surface area contributed by atoms with Crippen LogP contribution in [0.4, 0.5) is 18.0 Å². The quantitative estimate of drug-likeness (QED) is 0.495. The Kier molecular flexibility index (Phi) is 8.46. The van der Waals surface area contributed by atoms with Crippen molar-refractivity contribution in [3.05, 3.63) is 0 Å². The molecular formula is C28H44F3N3O6. The van der Waals surface area contributed by atoms with Gasteiger partial charge in [0.15, 0.2) is 0 Å². The Hall–Kier alpha value is -2.08. The molecule has 1 saturated carbocycles. The predicted molar refractivity (Wildman–Crippen MR) is 139 cm³/mol. The number of carbonyl (C=O) groups is 3. The molecule has 4 aliphatic rings. The molecule has 3 heterocycles. The molecule has 1 aliphatic carbocycles. The number of hydrogen-bond donors (Lipinski definition) is 0. The van der Waals surface area contributed by atoms with Crippen molar-refractivity contribution in [2.45, 2.75) is 109 Å². The van der Waals surface area contributed by atoms with Gasteiger partial charge < -0.3 is 28.9 Å². The summed E-state index contributed by atoms with van der Waals surface area (Å²) in [4.78, 5) is 44.4. The summed E-state index contributed by atoms with van der Waals surface area (Å²) in [6.07, 6.45) is -5.07. The van der Waals surface area contributed by atoms with Gasteiger partial charge in [0.25, 0.3) is 0 Å². The van der Waals surface area contributed by atoms with E-state index < -0.39 is 47.4 Å². The maximum absolute atomic E-state index is 14.3. The van der Waals surface area contributed by atoms with Gasteiger partial charge in [0.1, 0.15) is 11.7 Å². The average molecular weight is 576 g/mol. The number of alkyl halides is 3. The van der Waals surface area contributed by atoms with Gasteiger partial charge in [-0.25, -0.2) is 4.79 Å². The molecule has 3 aliphatic heterocycles. The highest BCUT2D eigenvalue weighted by Gasteiger charge is 2.60. The second kappa shape index (κ2) is 11.0. The van der Waals surface area contributed by atoms with Crippen LogP contribution < -0.4 is 0 Å². The van der Waals surface area contributed by atoms with Gasteiger partial charge in [0, 0.05) is 38.8 Å². The molecule has 12 heteroatoms. The number of hydrogen-bond acceptors (Lipinski definition) is 6. The number of methoxy groups -OCH3 is 1. The molecule has 3 amide bonds. The molecule has 0 spiro atoms. The minimum absolute atomic E-state index is 0.0471. The average Bonchev–Trinajstić information content (AvgIpc) is 3.54. The zero-order chi connectivity index (χ0) is 29.8. The molecule has 3 saturated heterocycles. The number of carbonyl (C=O) groups excluding carboxylic acids is 3. The first-order valence-corrected chi connectivity index (χ1v) is 14.3. The Morgan fingerprint density at radius 1 is 1.05 bits per heavy atom. The van der Waals surface area contributed by atoms with E-state index in [0.717, 1.165) is 4.90 Å². The summed E-state index contributed by atoms with van der Waals surface area (Å²) in [6, 6.07) is -1.92. The summed E-state index contributed by atoms with van der Waals surface area (Å²) in [5.74, 6) is -2.09. The zero-order valence-electron chi connectivity index (χ0n) is 24.6. The number of fused-ring (bicyclic) bond motifs is 2. The fraction of sp³-hybridized carbons (Fsp3) is 0.893. The molecule has 2 bridgehead atoms. The van der Waals surface area contributed by atoms with Crippen LogP contribution in [0.25, 0.3) is 0 Å². The van der Waals surface area contributed by atoms with E-state index in [-0.39, 0.29) is 55.9 Å². The normalized spacial score (nSPS) is 34.5. The van der Waals surface area contributed by atoms with Gasteiger partial charge in [-0.15, -0.1) is 0 Å². The molecule has 1 unspecified atom stereocenters. The molecule has 9 nitrogen and oxygen atoms in total. The standard InChI is InChI=1S/C28H44F3N3O6/c1-16(2)27(23(35)32-13-21-17(3)20(32)14-33(21)25(37)40-26(4,5)6)10-8-18(12-27)34(24(36)28(29,30)31)19-9-11-39-15-22(19)38-7/h16-22H,8-15H2,1-7H3/t17?,18-,19+,20-,21-,22-,27+/m1/s1. The predicted octanol–water partition coefficient (Wildman–Crippen LogP) is 3.84. The SMILES string of the molecule is CO[C@@H]1COCC[C@@H]1N(C(=O)C(F)(F)F)[C@@H]1CC[C@@](C(=O)N2C[C@@H]3C(C)[C@H]2CN3C(=O)OC(C)(C)C)(C(C)C)C1. The summed E-state index contributed by atoms with van der Waals surface area (Å²) in [5.41, 5.74) is -1.55. The van der Waals surface area contributed by atoms with Crippen LogP contribution in [-0.4, -0.2) is 108 Å². The first kappa shape index (κ1) is 30.9. The number of ether oxygens (including phenoxy) is 3. The highest BCUT2D eigenvalue weighted by Crippen LogP contribution is 2.51. The molecule has 4 rings (SSSR count). The zero-order valence-corrected chi connectivity index (χ0v) is 24.6. The fourth-order valence-electron chi connectivity index (χ4n) is 7.31. The lowest BCUT2D eigenvalue weighted by molar-refractivity contribution is -0.197. The Morgan fingerprint density at radius 2 is 1.68 bits per heavy atom. The van der Waals surface area contributed by atoms with E-state index in [4.69, 9.17) is 14.2 Å². The van der Waals surface area contributed by atoms with E-state index in [2.05, 4.69) is 0 Å². The third-order valence-corrected chi connectivity index (χ3v) is 9.53.